The van der Waals surface area contributed by atoms with Gasteiger partial charge >= 0.3 is 18.3 Å². The summed E-state index contributed by atoms with van der Waals surface area (Å²) in [4.78, 5) is 11.0. The van der Waals surface area contributed by atoms with Gasteiger partial charge in [-0.1, -0.05) is 58.3 Å². The molecule has 0 aromatic heterocycles. The van der Waals surface area contributed by atoms with Crippen LogP contribution >= 0.6 is 0 Å². The number of carbonyl (C=O) groups excluding carboxylic acids is 1. The van der Waals surface area contributed by atoms with Gasteiger partial charge < -0.3 is 9.84 Å². The normalized spacial score (nSPS) is 13.2. The molecule has 0 aliphatic heterocycles. The Morgan fingerprint density at radius 2 is 1.17 bits per heavy atom. The summed E-state index contributed by atoms with van der Waals surface area (Å²) in [5.41, 5.74) is -5.74. The lowest BCUT2D eigenvalue weighted by atomic mass is 10.0. The molecule has 0 radical (unpaired) electrons. The second kappa shape index (κ2) is 10.1. The molecular weight excluding hydrogens is 342 g/mol. The monoisotopic (exact) mass is 365 g/mol. The molecule has 0 unspecified atom stereocenters. The molecule has 0 aliphatic carbocycles. The lowest BCUT2D eigenvalue weighted by molar-refractivity contribution is -0.574. The van der Waals surface area contributed by atoms with Crippen molar-refractivity contribution in [3.8, 4) is 0 Å². The van der Waals surface area contributed by atoms with E-state index in [-0.39, 0.29) is 6.42 Å². The van der Waals surface area contributed by atoms with E-state index in [1.807, 2.05) is 0 Å². The molecule has 0 bridgehead atoms. The molecule has 0 atom stereocenters. The lowest BCUT2D eigenvalue weighted by Crippen LogP contribution is -2.71. The van der Waals surface area contributed by atoms with Crippen molar-refractivity contribution in [2.45, 2.75) is 82.7 Å². The number of hydrogen-bond acceptors (Lipinski definition) is 3. The minimum atomic E-state index is -6.30. The summed E-state index contributed by atoms with van der Waals surface area (Å²) in [6.07, 6.45) is -4.84. The zero-order valence-corrected chi connectivity index (χ0v) is 13.6. The van der Waals surface area contributed by atoms with E-state index in [2.05, 4.69) is 11.7 Å². The van der Waals surface area contributed by atoms with E-state index >= 15 is 0 Å². The first-order chi connectivity index (χ1) is 11.0. The van der Waals surface area contributed by atoms with Crippen molar-refractivity contribution >= 4 is 5.97 Å². The molecule has 144 valence electrons. The molecule has 0 fully saturated rings. The number of rotatable bonds is 11. The smallest absolute Gasteiger partial charge is 0.399 e. The van der Waals surface area contributed by atoms with Gasteiger partial charge in [0.1, 0.15) is 0 Å². The Labute approximate surface area is 137 Å². The summed E-state index contributed by atoms with van der Waals surface area (Å²) in [6.45, 7) is 1.46. The maximum Gasteiger partial charge on any atom is 0.399 e. The maximum atomic E-state index is 12.3. The van der Waals surface area contributed by atoms with Gasteiger partial charge in [0.15, 0.2) is 5.60 Å². The Kier molecular flexibility index (Phi) is 9.69. The van der Waals surface area contributed by atoms with E-state index in [4.69, 9.17) is 0 Å². The Bertz CT molecular complexity index is 351. The average molecular weight is 365 g/mol. The fourth-order valence-electron chi connectivity index (χ4n) is 2.07. The van der Waals surface area contributed by atoms with E-state index in [0.29, 0.717) is 6.42 Å². The van der Waals surface area contributed by atoms with Gasteiger partial charge in [0, 0.05) is 0 Å². The van der Waals surface area contributed by atoms with E-state index < -0.39 is 30.5 Å². The van der Waals surface area contributed by atoms with Crippen LogP contribution < -0.4 is 5.11 Å². The molecule has 0 rings (SSSR count). The van der Waals surface area contributed by atoms with Crippen molar-refractivity contribution in [2.75, 3.05) is 6.61 Å². The molecule has 0 aliphatic rings. The third-order valence-electron chi connectivity index (χ3n) is 3.57. The van der Waals surface area contributed by atoms with Gasteiger partial charge in [0.25, 0.3) is 0 Å². The predicted octanol–water partition coefficient (Wildman–Crippen LogP) is 4.28. The van der Waals surface area contributed by atoms with E-state index in [9.17, 15) is 36.2 Å². The van der Waals surface area contributed by atoms with Gasteiger partial charge in [0.2, 0.25) is 0 Å². The first kappa shape index (κ1) is 23.0. The highest BCUT2D eigenvalue weighted by molar-refractivity contribution is 5.81. The average Bonchev–Trinajstić information content (AvgIpc) is 2.45. The quantitative estimate of drug-likeness (QED) is 0.312. The first-order valence-corrected chi connectivity index (χ1v) is 7.99. The van der Waals surface area contributed by atoms with E-state index in [0.717, 1.165) is 44.9 Å². The number of alkyl halides is 6. The number of unbranched alkanes of at least 4 members (excludes halogenated alkanes) is 8. The molecule has 0 spiro atoms. The van der Waals surface area contributed by atoms with Gasteiger partial charge in [-0.15, -0.1) is 0 Å². The van der Waals surface area contributed by atoms with Gasteiger partial charge in [-0.05, 0) is 6.42 Å². The number of ether oxygens (including phenoxy) is 1. The van der Waals surface area contributed by atoms with Crippen LogP contribution in [-0.4, -0.2) is 30.5 Å². The van der Waals surface area contributed by atoms with Crippen LogP contribution in [-0.2, 0) is 9.53 Å². The fourth-order valence-corrected chi connectivity index (χ4v) is 2.07. The van der Waals surface area contributed by atoms with Gasteiger partial charge in [-0.25, -0.2) is 0 Å². The minimum Gasteiger partial charge on any atom is -0.828 e. The lowest BCUT2D eigenvalue weighted by Gasteiger charge is -2.40. The molecular formula is C15H23F6O3-. The second-order valence-electron chi connectivity index (χ2n) is 5.64. The first-order valence-electron chi connectivity index (χ1n) is 7.99. The highest BCUT2D eigenvalue weighted by Crippen LogP contribution is 2.41. The summed E-state index contributed by atoms with van der Waals surface area (Å²) in [5.74, 6) is -2.85. The molecule has 0 amide bonds. The number of carbonyl (C=O) groups is 1. The van der Waals surface area contributed by atoms with Crippen LogP contribution in [0.1, 0.15) is 64.7 Å². The van der Waals surface area contributed by atoms with Crippen LogP contribution in [0.4, 0.5) is 26.3 Å². The molecule has 9 heteroatoms. The summed E-state index contributed by atoms with van der Waals surface area (Å²) in [5, 5.41) is 11.0. The molecule has 0 N–H and O–H groups in total. The Morgan fingerprint density at radius 1 is 0.792 bits per heavy atom. The Morgan fingerprint density at radius 3 is 1.54 bits per heavy atom. The highest BCUT2D eigenvalue weighted by Gasteiger charge is 2.68. The van der Waals surface area contributed by atoms with Crippen LogP contribution in [0.3, 0.4) is 0 Å². The zero-order chi connectivity index (χ0) is 18.9. The minimum absolute atomic E-state index is 0.118. The van der Waals surface area contributed by atoms with Crippen molar-refractivity contribution in [1.82, 2.24) is 0 Å². The fraction of sp³-hybridized carbons (Fsp3) is 0.933. The van der Waals surface area contributed by atoms with Crippen molar-refractivity contribution < 1.29 is 41.0 Å². The topological polar surface area (TPSA) is 49.4 Å². The molecule has 0 aromatic carbocycles. The van der Waals surface area contributed by atoms with Crippen molar-refractivity contribution in [1.29, 1.82) is 0 Å². The highest BCUT2D eigenvalue weighted by atomic mass is 19.4. The van der Waals surface area contributed by atoms with E-state index in [1.54, 1.807) is 0 Å². The van der Waals surface area contributed by atoms with E-state index in [1.165, 1.54) is 0 Å². The molecule has 3 nitrogen and oxygen atoms in total. The van der Waals surface area contributed by atoms with Crippen LogP contribution in [0.25, 0.3) is 0 Å². The van der Waals surface area contributed by atoms with Crippen molar-refractivity contribution in [3.05, 3.63) is 0 Å². The maximum absolute atomic E-state index is 12.3. The van der Waals surface area contributed by atoms with Crippen LogP contribution in [0, 0.1) is 0 Å². The predicted molar refractivity (Wildman–Crippen MR) is 73.0 cm³/mol. The number of halogens is 6. The SMILES string of the molecule is CCCCCCCCCCCOC(=O)C([O-])(C(F)(F)F)C(F)(F)F. The van der Waals surface area contributed by atoms with Crippen molar-refractivity contribution in [3.63, 3.8) is 0 Å². The zero-order valence-electron chi connectivity index (χ0n) is 13.6. The Hall–Kier alpha value is -0.990. The summed E-state index contributed by atoms with van der Waals surface area (Å²) >= 11 is 0. The third-order valence-corrected chi connectivity index (χ3v) is 3.57. The number of esters is 1. The molecule has 24 heavy (non-hydrogen) atoms. The largest absolute Gasteiger partial charge is 0.828 e. The number of hydrogen-bond donors (Lipinski definition) is 0. The van der Waals surface area contributed by atoms with Gasteiger partial charge in [-0.3, -0.25) is 4.79 Å². The molecule has 0 saturated heterocycles. The Balaban J connectivity index is 4.08. The van der Waals surface area contributed by atoms with Crippen LogP contribution in [0.2, 0.25) is 0 Å². The third kappa shape index (κ3) is 6.86. The van der Waals surface area contributed by atoms with Gasteiger partial charge in [0.05, 0.1) is 6.61 Å². The summed E-state index contributed by atoms with van der Waals surface area (Å²) in [7, 11) is 0. The molecule has 0 heterocycles. The standard InChI is InChI=1S/C15H23F6O3/c1-2-3-4-5-6-7-8-9-10-11-24-12(22)13(23,14(16,17)18)15(19,20)21/h2-11H2,1H3/q-1. The second-order valence-corrected chi connectivity index (χ2v) is 5.64. The molecule has 0 aromatic rings. The summed E-state index contributed by atoms with van der Waals surface area (Å²) in [6, 6.07) is 0. The van der Waals surface area contributed by atoms with Crippen molar-refractivity contribution in [2.24, 2.45) is 0 Å². The van der Waals surface area contributed by atoms with Gasteiger partial charge in [-0.2, -0.15) is 26.3 Å². The van der Waals surface area contributed by atoms with Crippen LogP contribution in [0.5, 0.6) is 0 Å². The summed E-state index contributed by atoms with van der Waals surface area (Å²) < 4.78 is 77.9. The molecule has 0 saturated carbocycles. The van der Waals surface area contributed by atoms with Crippen LogP contribution in [0.15, 0.2) is 0 Å².